The lowest BCUT2D eigenvalue weighted by atomic mass is 9.80. The Morgan fingerprint density at radius 3 is 2.29 bits per heavy atom. The van der Waals surface area contributed by atoms with Crippen molar-refractivity contribution in [1.82, 2.24) is 30.9 Å². The van der Waals surface area contributed by atoms with Crippen molar-refractivity contribution in [3.8, 4) is 0 Å². The maximum absolute atomic E-state index is 14.1. The molecule has 2 heterocycles. The first kappa shape index (κ1) is 39.7. The maximum atomic E-state index is 14.1. The first-order valence-corrected chi connectivity index (χ1v) is 18.2. The van der Waals surface area contributed by atoms with Gasteiger partial charge in [0, 0.05) is 30.9 Å². The normalized spacial score (nSPS) is 16.4. The zero-order chi connectivity index (χ0) is 37.3. The summed E-state index contributed by atoms with van der Waals surface area (Å²) < 4.78 is 0. The molecule has 0 aliphatic heterocycles. The number of aromatic amines is 1. The van der Waals surface area contributed by atoms with Gasteiger partial charge in [0.2, 0.25) is 17.7 Å². The lowest BCUT2D eigenvalue weighted by Gasteiger charge is -2.33. The number of benzene rings is 1. The SMILES string of the molecule is CC(C)[C@@H](C/C=C/C(=O)Nc1ccccn1)C[C@H](O)[C@H](CC1CCCCC1)NC(=O)[C@H](Cc1cnc[nH]1)NC(=O)[C@H](Cc1ccccc1)NC(=O)O. The number of aliphatic hydroxyl groups is 1. The quantitative estimate of drug-likeness (QED) is 0.0861. The minimum Gasteiger partial charge on any atom is -0.465 e. The van der Waals surface area contributed by atoms with Crippen LogP contribution < -0.4 is 21.3 Å². The van der Waals surface area contributed by atoms with Gasteiger partial charge < -0.3 is 36.5 Å². The number of carboxylic acid groups (broad SMARTS) is 1. The van der Waals surface area contributed by atoms with E-state index in [9.17, 15) is 29.4 Å². The van der Waals surface area contributed by atoms with E-state index in [-0.39, 0.29) is 30.6 Å². The van der Waals surface area contributed by atoms with Crippen molar-refractivity contribution in [1.29, 1.82) is 0 Å². The molecule has 0 bridgehead atoms. The second kappa shape index (κ2) is 20.7. The van der Waals surface area contributed by atoms with Crippen molar-refractivity contribution < 1.29 is 29.4 Å². The van der Waals surface area contributed by atoms with Gasteiger partial charge in [0.1, 0.15) is 17.9 Å². The smallest absolute Gasteiger partial charge is 0.405 e. The number of aliphatic hydroxyl groups excluding tert-OH is 1. The summed E-state index contributed by atoms with van der Waals surface area (Å²) in [7, 11) is 0. The summed E-state index contributed by atoms with van der Waals surface area (Å²) in [6.45, 7) is 4.14. The lowest BCUT2D eigenvalue weighted by Crippen LogP contribution is -2.57. The largest absolute Gasteiger partial charge is 0.465 e. The molecule has 0 unspecified atom stereocenters. The number of aromatic nitrogens is 3. The van der Waals surface area contributed by atoms with Gasteiger partial charge in [0.15, 0.2) is 0 Å². The molecule has 4 amide bonds. The molecule has 0 spiro atoms. The minimum absolute atomic E-state index is 0.0148. The summed E-state index contributed by atoms with van der Waals surface area (Å²) in [6.07, 6.45) is 12.8. The van der Waals surface area contributed by atoms with Gasteiger partial charge in [-0.15, -0.1) is 0 Å². The van der Waals surface area contributed by atoms with E-state index >= 15 is 0 Å². The fourth-order valence-electron chi connectivity index (χ4n) is 6.75. The Kier molecular flexibility index (Phi) is 15.8. The fourth-order valence-corrected chi connectivity index (χ4v) is 6.75. The lowest BCUT2D eigenvalue weighted by molar-refractivity contribution is -0.131. The van der Waals surface area contributed by atoms with Crippen molar-refractivity contribution in [2.24, 2.45) is 17.8 Å². The number of nitrogens with zero attached hydrogens (tertiary/aromatic N) is 2. The van der Waals surface area contributed by atoms with Crippen LogP contribution in [0.25, 0.3) is 0 Å². The molecule has 5 atom stereocenters. The van der Waals surface area contributed by atoms with Crippen LogP contribution in [0.2, 0.25) is 0 Å². The van der Waals surface area contributed by atoms with E-state index in [1.165, 1.54) is 18.8 Å². The Labute approximate surface area is 305 Å². The first-order valence-electron chi connectivity index (χ1n) is 18.2. The molecule has 2 aromatic heterocycles. The highest BCUT2D eigenvalue weighted by Crippen LogP contribution is 2.30. The van der Waals surface area contributed by atoms with Gasteiger partial charge in [-0.1, -0.05) is 88.4 Å². The predicted octanol–water partition coefficient (Wildman–Crippen LogP) is 4.77. The third kappa shape index (κ3) is 13.6. The number of imidazole rings is 1. The average molecular weight is 716 g/mol. The number of amides is 4. The number of rotatable bonds is 19. The number of pyridine rings is 1. The molecule has 1 saturated carbocycles. The molecule has 1 aromatic carbocycles. The van der Waals surface area contributed by atoms with E-state index in [0.29, 0.717) is 36.7 Å². The summed E-state index contributed by atoms with van der Waals surface area (Å²) in [5.74, 6) is -0.434. The van der Waals surface area contributed by atoms with Crippen LogP contribution in [0.4, 0.5) is 10.6 Å². The summed E-state index contributed by atoms with van der Waals surface area (Å²) in [4.78, 5) is 63.0. The maximum Gasteiger partial charge on any atom is 0.405 e. The highest BCUT2D eigenvalue weighted by atomic mass is 16.4. The first-order chi connectivity index (χ1) is 25.1. The summed E-state index contributed by atoms with van der Waals surface area (Å²) in [5.41, 5.74) is 1.36. The van der Waals surface area contributed by atoms with E-state index in [4.69, 9.17) is 0 Å². The van der Waals surface area contributed by atoms with Gasteiger partial charge >= 0.3 is 6.09 Å². The van der Waals surface area contributed by atoms with Gasteiger partial charge in [-0.25, -0.2) is 14.8 Å². The molecule has 1 aliphatic carbocycles. The van der Waals surface area contributed by atoms with E-state index in [0.717, 1.165) is 31.2 Å². The molecule has 52 heavy (non-hydrogen) atoms. The molecule has 280 valence electrons. The predicted molar refractivity (Wildman–Crippen MR) is 198 cm³/mol. The molecule has 7 N–H and O–H groups in total. The fraction of sp³-hybridized carbons (Fsp3) is 0.487. The summed E-state index contributed by atoms with van der Waals surface area (Å²) in [5, 5.41) is 32.2. The molecule has 0 saturated heterocycles. The van der Waals surface area contributed by atoms with E-state index in [2.05, 4.69) is 50.1 Å². The number of anilines is 1. The summed E-state index contributed by atoms with van der Waals surface area (Å²) in [6, 6.07) is 11.5. The van der Waals surface area contributed by atoms with Crippen LogP contribution in [0, 0.1) is 17.8 Å². The second-order valence-corrected chi connectivity index (χ2v) is 14.0. The number of allylic oxidation sites excluding steroid dienone is 1. The number of carbonyl (C=O) groups is 4. The molecule has 1 fully saturated rings. The Bertz CT molecular complexity index is 1560. The number of hydrogen-bond donors (Lipinski definition) is 7. The molecule has 13 nitrogen and oxygen atoms in total. The van der Waals surface area contributed by atoms with Crippen molar-refractivity contribution in [3.05, 3.63) is 90.7 Å². The Morgan fingerprint density at radius 2 is 1.63 bits per heavy atom. The molecular weight excluding hydrogens is 662 g/mol. The standard InChI is InChI=1S/C39H53N7O6/c1-26(2)29(16-11-18-36(48)46-35-17-9-10-19-41-35)22-34(47)31(20-27-12-5-3-6-13-27)43-38(50)33(23-30-24-40-25-42-30)44-37(49)32(45-39(51)52)21-28-14-7-4-8-15-28/h4,7-11,14-15,17-19,24-27,29,31-34,45,47H,3,5-6,12-13,16,20-23H2,1-2H3,(H,40,42)(H,43,50)(H,44,49)(H,51,52)(H,41,46,48)/b18-11+/t29-,31-,32-,33-,34-/m0/s1. The van der Waals surface area contributed by atoms with Crippen molar-refractivity contribution in [2.75, 3.05) is 5.32 Å². The summed E-state index contributed by atoms with van der Waals surface area (Å²) >= 11 is 0. The number of carbonyl (C=O) groups excluding carboxylic acids is 3. The highest BCUT2D eigenvalue weighted by molar-refractivity contribution is 5.98. The van der Waals surface area contributed by atoms with Crippen LogP contribution in [0.3, 0.4) is 0 Å². The Balaban J connectivity index is 1.48. The zero-order valence-electron chi connectivity index (χ0n) is 30.0. The topological polar surface area (TPSA) is 198 Å². The molecular formula is C39H53N7O6. The third-order valence-electron chi connectivity index (χ3n) is 9.72. The van der Waals surface area contributed by atoms with Gasteiger partial charge in [0.05, 0.1) is 18.5 Å². The van der Waals surface area contributed by atoms with Gasteiger partial charge in [-0.3, -0.25) is 14.4 Å². The van der Waals surface area contributed by atoms with Gasteiger partial charge in [-0.2, -0.15) is 0 Å². The molecule has 4 rings (SSSR count). The van der Waals surface area contributed by atoms with Crippen LogP contribution in [-0.4, -0.2) is 73.2 Å². The zero-order valence-corrected chi connectivity index (χ0v) is 30.0. The van der Waals surface area contributed by atoms with Crippen molar-refractivity contribution in [3.63, 3.8) is 0 Å². The molecule has 1 aliphatic rings. The van der Waals surface area contributed by atoms with Crippen molar-refractivity contribution in [2.45, 2.75) is 102 Å². The van der Waals surface area contributed by atoms with Crippen LogP contribution in [-0.2, 0) is 27.2 Å². The highest BCUT2D eigenvalue weighted by Gasteiger charge is 2.33. The third-order valence-corrected chi connectivity index (χ3v) is 9.72. The van der Waals surface area contributed by atoms with E-state index in [1.54, 1.807) is 60.9 Å². The number of H-pyrrole nitrogens is 1. The number of hydrogen-bond acceptors (Lipinski definition) is 7. The van der Waals surface area contributed by atoms with E-state index in [1.807, 2.05) is 6.07 Å². The van der Waals surface area contributed by atoms with E-state index < -0.39 is 42.1 Å². The minimum atomic E-state index is -1.36. The Morgan fingerprint density at radius 1 is 0.923 bits per heavy atom. The Hall–Kier alpha value is -5.04. The second-order valence-electron chi connectivity index (χ2n) is 14.0. The molecule has 3 aromatic rings. The van der Waals surface area contributed by atoms with Crippen molar-refractivity contribution >= 4 is 29.6 Å². The molecule has 0 radical (unpaired) electrons. The number of nitrogens with one attached hydrogen (secondary N) is 5. The van der Waals surface area contributed by atoms with Gasteiger partial charge in [0.25, 0.3) is 0 Å². The van der Waals surface area contributed by atoms with Crippen LogP contribution in [0.15, 0.2) is 79.4 Å². The monoisotopic (exact) mass is 715 g/mol. The molecule has 13 heteroatoms. The van der Waals surface area contributed by atoms with Crippen LogP contribution in [0.5, 0.6) is 0 Å². The average Bonchev–Trinajstić information content (AvgIpc) is 3.64. The van der Waals surface area contributed by atoms with Crippen LogP contribution >= 0.6 is 0 Å². The van der Waals surface area contributed by atoms with Crippen LogP contribution in [0.1, 0.15) is 76.5 Å². The van der Waals surface area contributed by atoms with Gasteiger partial charge in [-0.05, 0) is 60.8 Å².